The van der Waals surface area contributed by atoms with E-state index in [1.54, 1.807) is 7.11 Å². The maximum atomic E-state index is 12.1. The van der Waals surface area contributed by atoms with E-state index >= 15 is 0 Å². The Hall–Kier alpha value is -2.65. The number of aromatic hydroxyl groups is 1. The number of carbonyl (C=O) groups is 1. The summed E-state index contributed by atoms with van der Waals surface area (Å²) in [6.07, 6.45) is 2.96. The van der Waals surface area contributed by atoms with Crippen LogP contribution in [0.4, 0.5) is 0 Å². The molecule has 154 valence electrons. The fourth-order valence-corrected chi connectivity index (χ4v) is 5.16. The predicted molar refractivity (Wildman–Crippen MR) is 107 cm³/mol. The van der Waals surface area contributed by atoms with Crippen LogP contribution in [-0.2, 0) is 9.53 Å². The third-order valence-electron chi connectivity index (χ3n) is 5.48. The monoisotopic (exact) mass is 417 g/mol. The number of carbonyl (C=O) groups excluding carboxylic acids is 1. The largest absolute Gasteiger partial charge is 0.497 e. The number of nitrogens with one attached hydrogen (secondary N) is 1. The number of nitrogens with zero attached hydrogens (tertiary/aromatic N) is 3. The van der Waals surface area contributed by atoms with Crippen molar-refractivity contribution in [1.29, 1.82) is 0 Å². The summed E-state index contributed by atoms with van der Waals surface area (Å²) in [5.74, 6) is 0.731. The summed E-state index contributed by atoms with van der Waals surface area (Å²) in [5.41, 5.74) is 1.05. The van der Waals surface area contributed by atoms with Gasteiger partial charge in [0.15, 0.2) is 6.04 Å². The molecular weight excluding hydrogens is 392 g/mol. The van der Waals surface area contributed by atoms with Crippen molar-refractivity contribution in [2.75, 3.05) is 26.8 Å². The molecule has 1 aromatic carbocycles. The number of likely N-dealkylation sites (tertiary alicyclic amines) is 1. The molecule has 2 N–H and O–H groups in total. The zero-order valence-corrected chi connectivity index (χ0v) is 17.3. The van der Waals surface area contributed by atoms with E-state index in [1.165, 1.54) is 27.1 Å². The van der Waals surface area contributed by atoms with E-state index in [-0.39, 0.29) is 23.8 Å². The molecule has 3 heterocycles. The normalized spacial score (nSPS) is 20.5. The van der Waals surface area contributed by atoms with Crippen molar-refractivity contribution in [3.63, 3.8) is 0 Å². The van der Waals surface area contributed by atoms with Gasteiger partial charge in [0.05, 0.1) is 32.7 Å². The van der Waals surface area contributed by atoms with Gasteiger partial charge in [-0.3, -0.25) is 4.79 Å². The highest BCUT2D eigenvalue weighted by molar-refractivity contribution is 7.17. The summed E-state index contributed by atoms with van der Waals surface area (Å²) in [6.45, 7) is 3.85. The fraction of sp³-hybridized carbons (Fsp3) is 0.450. The Labute approximate surface area is 172 Å². The van der Waals surface area contributed by atoms with Crippen LogP contribution in [0.3, 0.4) is 0 Å². The van der Waals surface area contributed by atoms with Crippen LogP contribution in [-0.4, -0.2) is 52.5 Å². The maximum absolute atomic E-state index is 12.1. The lowest BCUT2D eigenvalue weighted by atomic mass is 9.93. The minimum absolute atomic E-state index is 0.0550. The Morgan fingerprint density at radius 2 is 2.21 bits per heavy atom. The van der Waals surface area contributed by atoms with E-state index in [0.717, 1.165) is 42.1 Å². The van der Waals surface area contributed by atoms with Crippen molar-refractivity contribution in [3.8, 4) is 11.6 Å². The SMILES string of the molecule is CCOC(=O)C1CC[NH+]([C@H](c2cccc(OC)c2)c2sc3ncnn3c2O)CC1. The minimum Gasteiger partial charge on any atom is -0.497 e. The lowest BCUT2D eigenvalue weighted by Crippen LogP contribution is -3.13. The molecule has 4 rings (SSSR count). The van der Waals surface area contributed by atoms with Crippen LogP contribution in [0, 0.1) is 5.92 Å². The molecule has 1 aliphatic rings. The molecule has 1 fully saturated rings. The Kier molecular flexibility index (Phi) is 5.68. The second-order valence-electron chi connectivity index (χ2n) is 7.14. The summed E-state index contributed by atoms with van der Waals surface area (Å²) in [7, 11) is 1.65. The van der Waals surface area contributed by atoms with Crippen LogP contribution in [0.15, 0.2) is 30.6 Å². The van der Waals surface area contributed by atoms with Gasteiger partial charge in [0, 0.05) is 18.4 Å². The molecule has 0 saturated carbocycles. The third kappa shape index (κ3) is 3.79. The lowest BCUT2D eigenvalue weighted by Gasteiger charge is -2.33. The quantitative estimate of drug-likeness (QED) is 0.590. The maximum Gasteiger partial charge on any atom is 0.309 e. The van der Waals surface area contributed by atoms with Crippen LogP contribution in [0.25, 0.3) is 4.96 Å². The standard InChI is InChI=1S/C20H24N4O4S/c1-3-28-19(26)13-7-9-23(10-8-13)16(14-5-4-6-15(11-14)27-2)17-18(25)24-20(29-17)21-12-22-24/h4-6,11-13,16,25H,3,7-10H2,1-2H3/p+1/t16-/m1/s1. The van der Waals surface area contributed by atoms with Crippen LogP contribution < -0.4 is 9.64 Å². The average molecular weight is 418 g/mol. The van der Waals surface area contributed by atoms with Crippen LogP contribution in [0.5, 0.6) is 11.6 Å². The van der Waals surface area contributed by atoms with E-state index < -0.39 is 0 Å². The van der Waals surface area contributed by atoms with Gasteiger partial charge in [-0.15, -0.1) is 0 Å². The molecule has 0 amide bonds. The number of benzene rings is 1. The minimum atomic E-state index is -0.105. The number of thiazole rings is 1. The fourth-order valence-electron chi connectivity index (χ4n) is 4.05. The Bertz CT molecular complexity index is 993. The van der Waals surface area contributed by atoms with Gasteiger partial charge < -0.3 is 19.5 Å². The van der Waals surface area contributed by atoms with Gasteiger partial charge in [0.1, 0.15) is 17.0 Å². The number of hydrogen-bond acceptors (Lipinski definition) is 7. The van der Waals surface area contributed by atoms with Crippen LogP contribution >= 0.6 is 11.3 Å². The number of rotatable bonds is 6. The number of quaternary nitrogens is 1. The summed E-state index contributed by atoms with van der Waals surface area (Å²) in [6, 6.07) is 7.82. The molecule has 0 bridgehead atoms. The van der Waals surface area contributed by atoms with Crippen LogP contribution in [0.1, 0.15) is 36.2 Å². The lowest BCUT2D eigenvalue weighted by molar-refractivity contribution is -0.930. The topological polar surface area (TPSA) is 90.4 Å². The van der Waals surface area contributed by atoms with Crippen molar-refractivity contribution in [1.82, 2.24) is 14.6 Å². The number of aromatic nitrogens is 3. The first kappa shape index (κ1) is 19.7. The highest BCUT2D eigenvalue weighted by Gasteiger charge is 2.37. The molecule has 0 spiro atoms. The number of piperidine rings is 1. The number of methoxy groups -OCH3 is 1. The third-order valence-corrected chi connectivity index (χ3v) is 6.58. The van der Waals surface area contributed by atoms with Crippen molar-refractivity contribution in [3.05, 3.63) is 41.0 Å². The summed E-state index contributed by atoms with van der Waals surface area (Å²) < 4.78 is 12.1. The van der Waals surface area contributed by atoms with Gasteiger partial charge >= 0.3 is 5.97 Å². The first-order chi connectivity index (χ1) is 14.1. The number of esters is 1. The van der Waals surface area contributed by atoms with Crippen molar-refractivity contribution < 1.29 is 24.3 Å². The molecule has 1 saturated heterocycles. The highest BCUT2D eigenvalue weighted by atomic mass is 32.1. The number of hydrogen-bond donors (Lipinski definition) is 2. The van der Waals surface area contributed by atoms with Crippen molar-refractivity contribution >= 4 is 22.3 Å². The first-order valence-corrected chi connectivity index (χ1v) is 10.6. The average Bonchev–Trinajstić information content (AvgIpc) is 3.32. The molecule has 1 atom stereocenters. The van der Waals surface area contributed by atoms with Crippen LogP contribution in [0.2, 0.25) is 0 Å². The van der Waals surface area contributed by atoms with Gasteiger partial charge in [-0.25, -0.2) is 4.98 Å². The Morgan fingerprint density at radius 3 is 2.90 bits per heavy atom. The summed E-state index contributed by atoms with van der Waals surface area (Å²) >= 11 is 1.44. The molecular formula is C20H25N4O4S+. The van der Waals surface area contributed by atoms with E-state index in [2.05, 4.69) is 10.1 Å². The molecule has 0 unspecified atom stereocenters. The van der Waals surface area contributed by atoms with Crippen molar-refractivity contribution in [2.24, 2.45) is 5.92 Å². The molecule has 3 aromatic rings. The second kappa shape index (κ2) is 8.38. The summed E-state index contributed by atoms with van der Waals surface area (Å²) in [5, 5.41) is 15.0. The first-order valence-electron chi connectivity index (χ1n) is 9.79. The Balaban J connectivity index is 1.67. The second-order valence-corrected chi connectivity index (χ2v) is 8.15. The molecule has 1 aliphatic heterocycles. The predicted octanol–water partition coefficient (Wildman–Crippen LogP) is 1.45. The summed E-state index contributed by atoms with van der Waals surface area (Å²) in [4.78, 5) is 19.1. The number of ether oxygens (including phenoxy) is 2. The van der Waals surface area contributed by atoms with Gasteiger partial charge in [0.2, 0.25) is 10.8 Å². The molecule has 2 aromatic heterocycles. The van der Waals surface area contributed by atoms with Gasteiger partial charge in [-0.1, -0.05) is 23.5 Å². The zero-order valence-electron chi connectivity index (χ0n) is 16.5. The molecule has 8 nitrogen and oxygen atoms in total. The van der Waals surface area contributed by atoms with Gasteiger partial charge in [-0.05, 0) is 19.1 Å². The highest BCUT2D eigenvalue weighted by Crippen LogP contribution is 2.35. The smallest absolute Gasteiger partial charge is 0.309 e. The molecule has 9 heteroatoms. The zero-order chi connectivity index (χ0) is 20.4. The van der Waals surface area contributed by atoms with Crippen molar-refractivity contribution in [2.45, 2.75) is 25.8 Å². The van der Waals surface area contributed by atoms with E-state index in [4.69, 9.17) is 9.47 Å². The molecule has 0 radical (unpaired) electrons. The van der Waals surface area contributed by atoms with Gasteiger partial charge in [-0.2, -0.15) is 9.61 Å². The Morgan fingerprint density at radius 1 is 1.41 bits per heavy atom. The number of fused-ring (bicyclic) bond motifs is 1. The van der Waals surface area contributed by atoms with E-state index in [0.29, 0.717) is 11.6 Å². The molecule has 29 heavy (non-hydrogen) atoms. The molecule has 0 aliphatic carbocycles. The van der Waals surface area contributed by atoms with E-state index in [9.17, 15) is 9.90 Å². The van der Waals surface area contributed by atoms with Gasteiger partial charge in [0.25, 0.3) is 0 Å². The van der Waals surface area contributed by atoms with E-state index in [1.807, 2.05) is 31.2 Å².